The van der Waals surface area contributed by atoms with Crippen LogP contribution in [0.25, 0.3) is 11.0 Å². The summed E-state index contributed by atoms with van der Waals surface area (Å²) >= 11 is 7.95. The first kappa shape index (κ1) is 11.6. The molecule has 0 aliphatic carbocycles. The highest BCUT2D eigenvalue weighted by Crippen LogP contribution is 2.27. The number of hydrogen-bond donors (Lipinski definition) is 1. The molecule has 5 nitrogen and oxygen atoms in total. The molecule has 0 atom stereocenters. The molecule has 0 aromatic carbocycles. The van der Waals surface area contributed by atoms with Gasteiger partial charge in [0.1, 0.15) is 22.8 Å². The summed E-state index contributed by atoms with van der Waals surface area (Å²) in [6, 6.07) is 0. The fraction of sp³-hybridized carbons (Fsp3) is 0.222. The molecule has 2 aromatic heterocycles. The van der Waals surface area contributed by atoms with Gasteiger partial charge in [-0.2, -0.15) is 0 Å². The van der Waals surface area contributed by atoms with Crippen molar-refractivity contribution in [2.75, 3.05) is 6.61 Å². The second-order valence-corrected chi connectivity index (χ2v) is 4.36. The summed E-state index contributed by atoms with van der Waals surface area (Å²) in [6.45, 7) is 2.07. The Bertz CT molecular complexity index is 555. The average Bonchev–Trinajstić information content (AvgIpc) is 2.58. The molecule has 0 saturated heterocycles. The number of rotatable bonds is 2. The van der Waals surface area contributed by atoms with E-state index in [1.54, 1.807) is 6.92 Å². The van der Waals surface area contributed by atoms with Gasteiger partial charge >= 0.3 is 5.97 Å². The van der Waals surface area contributed by atoms with Gasteiger partial charge in [-0.1, -0.05) is 11.6 Å². The number of nitrogens with zero attached hydrogens (tertiary/aromatic N) is 2. The minimum atomic E-state index is -0.416. The Hall–Kier alpha value is -0.890. The number of ether oxygens (including phenoxy) is 1. The maximum absolute atomic E-state index is 11.6. The van der Waals surface area contributed by atoms with Crippen molar-refractivity contribution in [2.24, 2.45) is 0 Å². The van der Waals surface area contributed by atoms with Crippen molar-refractivity contribution < 1.29 is 9.53 Å². The lowest BCUT2D eigenvalue weighted by molar-refractivity contribution is 0.0519. The number of aromatic amines is 1. The van der Waals surface area contributed by atoms with E-state index in [1.165, 1.54) is 6.33 Å². The van der Waals surface area contributed by atoms with Crippen LogP contribution in [0.1, 0.15) is 17.4 Å². The summed E-state index contributed by atoms with van der Waals surface area (Å²) in [5.41, 5.74) is 0.896. The van der Waals surface area contributed by atoms with E-state index in [2.05, 4.69) is 15.0 Å². The van der Waals surface area contributed by atoms with E-state index in [0.717, 1.165) is 0 Å². The molecule has 2 heterocycles. The van der Waals surface area contributed by atoms with Crippen LogP contribution in [0.2, 0.25) is 5.15 Å². The van der Waals surface area contributed by atoms with Crippen molar-refractivity contribution in [2.45, 2.75) is 6.92 Å². The van der Waals surface area contributed by atoms with Crippen LogP contribution in [0.4, 0.5) is 0 Å². The number of carbonyl (C=O) groups is 1. The van der Waals surface area contributed by atoms with Gasteiger partial charge in [-0.25, -0.2) is 14.8 Å². The van der Waals surface area contributed by atoms with E-state index in [4.69, 9.17) is 16.3 Å². The molecule has 7 heteroatoms. The monoisotopic (exact) mass is 351 g/mol. The molecule has 16 heavy (non-hydrogen) atoms. The molecule has 0 saturated carbocycles. The molecule has 0 amide bonds. The maximum atomic E-state index is 11.6. The van der Waals surface area contributed by atoms with Crippen LogP contribution >= 0.6 is 34.2 Å². The average molecular weight is 352 g/mol. The molecule has 0 spiro atoms. The molecule has 1 N–H and O–H groups in total. The molecule has 0 radical (unpaired) electrons. The first-order valence-corrected chi connectivity index (χ1v) is 5.95. The van der Waals surface area contributed by atoms with Crippen molar-refractivity contribution in [3.8, 4) is 0 Å². The molecule has 84 valence electrons. The fourth-order valence-corrected chi connectivity index (χ4v) is 2.55. The molecule has 0 fully saturated rings. The Labute approximate surface area is 110 Å². The molecule has 0 unspecified atom stereocenters. The molecule has 0 aliphatic heterocycles. The zero-order chi connectivity index (χ0) is 11.7. The van der Waals surface area contributed by atoms with Crippen LogP contribution < -0.4 is 0 Å². The topological polar surface area (TPSA) is 67.9 Å². The zero-order valence-electron chi connectivity index (χ0n) is 8.25. The van der Waals surface area contributed by atoms with Crippen LogP contribution in [-0.4, -0.2) is 27.5 Å². The van der Waals surface area contributed by atoms with Gasteiger partial charge in [0.25, 0.3) is 0 Å². The lowest BCUT2D eigenvalue weighted by Gasteiger charge is -1.98. The standard InChI is InChI=1S/C9H7ClIN3O2/c1-2-16-9(15)6-5(11)4-7(10)12-3-13-8(4)14-6/h3H,2H2,1H3,(H,12,13,14). The van der Waals surface area contributed by atoms with Crippen LogP contribution in [0.15, 0.2) is 6.33 Å². The van der Waals surface area contributed by atoms with Crippen LogP contribution in [0, 0.1) is 3.57 Å². The fourth-order valence-electron chi connectivity index (χ4n) is 1.30. The quantitative estimate of drug-likeness (QED) is 0.512. The number of hydrogen-bond acceptors (Lipinski definition) is 4. The minimum Gasteiger partial charge on any atom is -0.461 e. The largest absolute Gasteiger partial charge is 0.461 e. The first-order chi connectivity index (χ1) is 7.65. The van der Waals surface area contributed by atoms with Crippen molar-refractivity contribution in [1.29, 1.82) is 0 Å². The molecular weight excluding hydrogens is 344 g/mol. The van der Waals surface area contributed by atoms with Gasteiger partial charge in [0, 0.05) is 0 Å². The van der Waals surface area contributed by atoms with Gasteiger partial charge < -0.3 is 9.72 Å². The number of H-pyrrole nitrogens is 1. The van der Waals surface area contributed by atoms with Gasteiger partial charge in [0.15, 0.2) is 0 Å². The third kappa shape index (κ3) is 1.86. The highest BCUT2D eigenvalue weighted by Gasteiger charge is 2.19. The van der Waals surface area contributed by atoms with E-state index in [1.807, 2.05) is 22.6 Å². The number of aromatic nitrogens is 3. The third-order valence-electron chi connectivity index (χ3n) is 1.96. The summed E-state index contributed by atoms with van der Waals surface area (Å²) in [7, 11) is 0. The number of esters is 1. The molecular formula is C9H7ClIN3O2. The summed E-state index contributed by atoms with van der Waals surface area (Å²) in [5.74, 6) is -0.416. The number of nitrogens with one attached hydrogen (secondary N) is 1. The second kappa shape index (κ2) is 4.54. The van der Waals surface area contributed by atoms with Crippen molar-refractivity contribution >= 4 is 51.2 Å². The third-order valence-corrected chi connectivity index (χ3v) is 3.33. The molecule has 0 aliphatic rings. The highest BCUT2D eigenvalue weighted by atomic mass is 127. The summed E-state index contributed by atoms with van der Waals surface area (Å²) < 4.78 is 5.59. The highest BCUT2D eigenvalue weighted by molar-refractivity contribution is 14.1. The lowest BCUT2D eigenvalue weighted by atomic mass is 10.3. The van der Waals surface area contributed by atoms with Crippen LogP contribution in [-0.2, 0) is 4.74 Å². The first-order valence-electron chi connectivity index (χ1n) is 4.50. The number of carbonyl (C=O) groups excluding carboxylic acids is 1. The predicted molar refractivity (Wildman–Crippen MR) is 67.6 cm³/mol. The summed E-state index contributed by atoms with van der Waals surface area (Å²) in [6.07, 6.45) is 1.34. The van der Waals surface area contributed by atoms with Crippen molar-refractivity contribution in [3.05, 3.63) is 20.7 Å². The Morgan fingerprint density at radius 2 is 2.38 bits per heavy atom. The van der Waals surface area contributed by atoms with E-state index in [9.17, 15) is 4.79 Å². The maximum Gasteiger partial charge on any atom is 0.355 e. The summed E-state index contributed by atoms with van der Waals surface area (Å²) in [4.78, 5) is 22.3. The molecule has 2 rings (SSSR count). The zero-order valence-corrected chi connectivity index (χ0v) is 11.2. The predicted octanol–water partition coefficient (Wildman–Crippen LogP) is 2.39. The lowest BCUT2D eigenvalue weighted by Crippen LogP contribution is -2.06. The molecule has 0 bridgehead atoms. The Morgan fingerprint density at radius 1 is 1.62 bits per heavy atom. The molecule has 2 aromatic rings. The van der Waals surface area contributed by atoms with Gasteiger partial charge in [0.05, 0.1) is 15.6 Å². The van der Waals surface area contributed by atoms with Gasteiger partial charge in [-0.05, 0) is 29.5 Å². The number of fused-ring (bicyclic) bond motifs is 1. The van der Waals surface area contributed by atoms with Crippen molar-refractivity contribution in [3.63, 3.8) is 0 Å². The van der Waals surface area contributed by atoms with E-state index in [0.29, 0.717) is 32.1 Å². The Kier molecular flexibility index (Phi) is 3.29. The number of halogens is 2. The van der Waals surface area contributed by atoms with Gasteiger partial charge in [-0.3, -0.25) is 0 Å². The van der Waals surface area contributed by atoms with E-state index >= 15 is 0 Å². The Balaban J connectivity index is 2.61. The van der Waals surface area contributed by atoms with Gasteiger partial charge in [0.2, 0.25) is 0 Å². The smallest absolute Gasteiger partial charge is 0.355 e. The minimum absolute atomic E-state index is 0.321. The van der Waals surface area contributed by atoms with Crippen LogP contribution in [0.3, 0.4) is 0 Å². The van der Waals surface area contributed by atoms with Gasteiger partial charge in [-0.15, -0.1) is 0 Å². The summed E-state index contributed by atoms with van der Waals surface area (Å²) in [5, 5.41) is 0.967. The second-order valence-electron chi connectivity index (χ2n) is 2.92. The SMILES string of the molecule is CCOC(=O)c1[nH]c2ncnc(Cl)c2c1I. The van der Waals surface area contributed by atoms with Crippen LogP contribution in [0.5, 0.6) is 0 Å². The normalized spacial score (nSPS) is 10.7. The Morgan fingerprint density at radius 3 is 3.00 bits per heavy atom. The van der Waals surface area contributed by atoms with Crippen molar-refractivity contribution in [1.82, 2.24) is 15.0 Å². The van der Waals surface area contributed by atoms with E-state index in [-0.39, 0.29) is 0 Å². The van der Waals surface area contributed by atoms with E-state index < -0.39 is 5.97 Å².